The van der Waals surface area contributed by atoms with Gasteiger partial charge in [0.25, 0.3) is 12.0 Å². The third kappa shape index (κ3) is 2.72. The molecule has 0 spiro atoms. The van der Waals surface area contributed by atoms with Crippen molar-refractivity contribution in [1.29, 1.82) is 0 Å². The van der Waals surface area contributed by atoms with Crippen molar-refractivity contribution in [3.8, 4) is 0 Å². The van der Waals surface area contributed by atoms with Crippen molar-refractivity contribution in [2.45, 2.75) is 24.9 Å². The van der Waals surface area contributed by atoms with E-state index in [4.69, 9.17) is 10.5 Å². The van der Waals surface area contributed by atoms with Crippen LogP contribution in [0.15, 0.2) is 11.1 Å². The van der Waals surface area contributed by atoms with E-state index in [0.29, 0.717) is 12.9 Å². The molecule has 1 aliphatic heterocycles. The number of aliphatic hydroxyl groups excluding tert-OH is 2. The second-order valence-corrected chi connectivity index (χ2v) is 5.43. The Hall–Kier alpha value is -2.50. The molecule has 2 aromatic rings. The molecule has 5 N–H and O–H groups in total. The fourth-order valence-corrected chi connectivity index (χ4v) is 2.94. The largest absolute Gasteiger partial charge is 0.468 e. The average Bonchev–Trinajstić information content (AvgIpc) is 3.09. The molecule has 0 amide bonds. The first kappa shape index (κ1) is 16.4. The van der Waals surface area contributed by atoms with Crippen LogP contribution in [0.25, 0.3) is 11.2 Å². The first-order chi connectivity index (χ1) is 11.6. The van der Waals surface area contributed by atoms with Gasteiger partial charge in [-0.1, -0.05) is 0 Å². The molecule has 2 aromatic heterocycles. The maximum Gasteiger partial charge on any atom is 0.293 e. The van der Waals surface area contributed by atoms with Crippen LogP contribution in [0.5, 0.6) is 0 Å². The number of aromatic nitrogens is 4. The van der Waals surface area contributed by atoms with Crippen LogP contribution in [-0.4, -0.2) is 61.6 Å². The Kier molecular flexibility index (Phi) is 4.46. The van der Waals surface area contributed by atoms with E-state index in [-0.39, 0.29) is 30.3 Å². The summed E-state index contributed by atoms with van der Waals surface area (Å²) in [5.74, 6) is -0.548. The third-order valence-electron chi connectivity index (χ3n) is 4.06. The molecule has 130 valence electrons. The number of ether oxygens (including phenoxy) is 2. The van der Waals surface area contributed by atoms with Gasteiger partial charge in [0.1, 0.15) is 6.10 Å². The van der Waals surface area contributed by atoms with Crippen LogP contribution in [0.4, 0.5) is 5.95 Å². The minimum absolute atomic E-state index is 0.0632. The van der Waals surface area contributed by atoms with Crippen LogP contribution in [0.1, 0.15) is 12.6 Å². The lowest BCUT2D eigenvalue weighted by molar-refractivity contribution is -0.129. The van der Waals surface area contributed by atoms with Crippen molar-refractivity contribution in [2.24, 2.45) is 5.92 Å². The van der Waals surface area contributed by atoms with Gasteiger partial charge in [0.2, 0.25) is 5.95 Å². The van der Waals surface area contributed by atoms with Gasteiger partial charge in [-0.25, -0.2) is 4.98 Å². The smallest absolute Gasteiger partial charge is 0.293 e. The molecule has 0 unspecified atom stereocenters. The van der Waals surface area contributed by atoms with Crippen molar-refractivity contribution in [2.75, 3.05) is 18.9 Å². The van der Waals surface area contributed by atoms with Crippen molar-refractivity contribution in [1.82, 2.24) is 19.5 Å². The highest BCUT2D eigenvalue weighted by atomic mass is 16.5. The zero-order chi connectivity index (χ0) is 17.3. The number of fused-ring (bicyclic) bond motifs is 1. The van der Waals surface area contributed by atoms with Crippen LogP contribution in [0, 0.1) is 5.92 Å². The number of nitrogens with one attached hydrogen (secondary N) is 1. The van der Waals surface area contributed by atoms with Gasteiger partial charge in [0.05, 0.1) is 25.6 Å². The molecule has 1 aliphatic rings. The fraction of sp³-hybridized carbons (Fsp3) is 0.538. The molecule has 11 nitrogen and oxygen atoms in total. The van der Waals surface area contributed by atoms with Gasteiger partial charge in [-0.15, -0.1) is 0 Å². The minimum atomic E-state index is -1.02. The SMILES string of the molecule is Nc1nc2c(ncn2[C@@H]2O[C@H](CO)[C@@H](CCOC=O)[C@H]2O)c(=O)[nH]1. The Bertz CT molecular complexity index is 789. The van der Waals surface area contributed by atoms with Gasteiger partial charge >= 0.3 is 0 Å². The second-order valence-electron chi connectivity index (χ2n) is 5.43. The molecule has 1 saturated heterocycles. The van der Waals surface area contributed by atoms with Crippen LogP contribution in [-0.2, 0) is 14.3 Å². The highest BCUT2D eigenvalue weighted by molar-refractivity contribution is 5.70. The predicted molar refractivity (Wildman–Crippen MR) is 79.7 cm³/mol. The monoisotopic (exact) mass is 339 g/mol. The molecular weight excluding hydrogens is 322 g/mol. The third-order valence-corrected chi connectivity index (χ3v) is 4.06. The summed E-state index contributed by atoms with van der Waals surface area (Å²) < 4.78 is 11.7. The maximum absolute atomic E-state index is 11.8. The van der Waals surface area contributed by atoms with Gasteiger partial charge in [0, 0.05) is 5.92 Å². The quantitative estimate of drug-likeness (QED) is 0.348. The Labute approximate surface area is 135 Å². The van der Waals surface area contributed by atoms with E-state index in [0.717, 1.165) is 0 Å². The molecule has 0 saturated carbocycles. The topological polar surface area (TPSA) is 166 Å². The fourth-order valence-electron chi connectivity index (χ4n) is 2.94. The Morgan fingerprint density at radius 2 is 2.33 bits per heavy atom. The van der Waals surface area contributed by atoms with Gasteiger partial charge in [-0.05, 0) is 6.42 Å². The predicted octanol–water partition coefficient (Wildman–Crippen LogP) is -1.87. The first-order valence-electron chi connectivity index (χ1n) is 7.28. The zero-order valence-electron chi connectivity index (χ0n) is 12.5. The number of hydrogen-bond acceptors (Lipinski definition) is 9. The second kappa shape index (κ2) is 6.55. The van der Waals surface area contributed by atoms with E-state index >= 15 is 0 Å². The summed E-state index contributed by atoms with van der Waals surface area (Å²) in [6.07, 6.45) is -0.945. The highest BCUT2D eigenvalue weighted by Gasteiger charge is 2.44. The number of carbonyl (C=O) groups is 1. The van der Waals surface area contributed by atoms with Crippen LogP contribution < -0.4 is 11.3 Å². The minimum Gasteiger partial charge on any atom is -0.468 e. The highest BCUT2D eigenvalue weighted by Crippen LogP contribution is 2.36. The molecule has 11 heteroatoms. The van der Waals surface area contributed by atoms with Crippen LogP contribution in [0.2, 0.25) is 0 Å². The van der Waals surface area contributed by atoms with Crippen molar-refractivity contribution in [3.63, 3.8) is 0 Å². The number of aliphatic hydroxyl groups is 2. The standard InChI is InChI=1S/C13H17N5O6/c14-13-16-10-8(11(22)17-13)15-4-18(10)12-9(21)6(1-2-23-5-20)7(3-19)24-12/h4-7,9,12,19,21H,1-3H2,(H3,14,16,17,22)/t6-,7-,9-,12-/m1/s1. The number of carbonyl (C=O) groups excluding carboxylic acids is 1. The van der Waals surface area contributed by atoms with E-state index in [9.17, 15) is 19.8 Å². The van der Waals surface area contributed by atoms with E-state index < -0.39 is 29.9 Å². The van der Waals surface area contributed by atoms with E-state index in [1.807, 2.05) is 0 Å². The van der Waals surface area contributed by atoms with Crippen molar-refractivity contribution >= 4 is 23.6 Å². The Balaban J connectivity index is 1.92. The lowest BCUT2D eigenvalue weighted by atomic mass is 9.95. The number of nitrogen functional groups attached to an aromatic ring is 1. The van der Waals surface area contributed by atoms with Gasteiger partial charge < -0.3 is 25.4 Å². The van der Waals surface area contributed by atoms with Gasteiger partial charge in [0.15, 0.2) is 17.4 Å². The first-order valence-corrected chi connectivity index (χ1v) is 7.28. The molecule has 3 rings (SSSR count). The summed E-state index contributed by atoms with van der Waals surface area (Å²) in [5, 5.41) is 20.0. The zero-order valence-corrected chi connectivity index (χ0v) is 12.5. The number of aromatic amines is 1. The number of nitrogens with two attached hydrogens (primary N) is 1. The van der Waals surface area contributed by atoms with Gasteiger partial charge in [-0.3, -0.25) is 19.1 Å². The van der Waals surface area contributed by atoms with Crippen LogP contribution in [0.3, 0.4) is 0 Å². The maximum atomic E-state index is 11.8. The molecular formula is C13H17N5O6. The lowest BCUT2D eigenvalue weighted by Gasteiger charge is -2.18. The molecule has 1 fully saturated rings. The molecule has 3 heterocycles. The molecule has 4 atom stereocenters. The van der Waals surface area contributed by atoms with E-state index in [1.165, 1.54) is 10.9 Å². The molecule has 0 aliphatic carbocycles. The van der Waals surface area contributed by atoms with Gasteiger partial charge in [-0.2, -0.15) is 4.98 Å². The number of anilines is 1. The number of nitrogens with zero attached hydrogens (tertiary/aromatic N) is 3. The molecule has 0 radical (unpaired) electrons. The van der Waals surface area contributed by atoms with Crippen molar-refractivity contribution < 1.29 is 24.5 Å². The summed E-state index contributed by atoms with van der Waals surface area (Å²) in [4.78, 5) is 32.4. The summed E-state index contributed by atoms with van der Waals surface area (Å²) in [7, 11) is 0. The normalized spacial score (nSPS) is 26.8. The Morgan fingerprint density at radius 3 is 3.04 bits per heavy atom. The number of hydrogen-bond donors (Lipinski definition) is 4. The molecule has 0 aromatic carbocycles. The number of imidazole rings is 1. The van der Waals surface area contributed by atoms with Crippen LogP contribution >= 0.6 is 0 Å². The lowest BCUT2D eigenvalue weighted by Crippen LogP contribution is -2.29. The summed E-state index contributed by atoms with van der Waals surface area (Å²) in [6.45, 7) is 0.0887. The number of H-pyrrole nitrogens is 1. The van der Waals surface area contributed by atoms with Crippen molar-refractivity contribution in [3.05, 3.63) is 16.7 Å². The summed E-state index contributed by atoms with van der Waals surface area (Å²) in [5.41, 5.74) is 5.28. The average molecular weight is 339 g/mol. The summed E-state index contributed by atoms with van der Waals surface area (Å²) in [6, 6.07) is 0. The Morgan fingerprint density at radius 1 is 1.54 bits per heavy atom. The summed E-state index contributed by atoms with van der Waals surface area (Å²) >= 11 is 0. The molecule has 0 bridgehead atoms. The number of rotatable bonds is 6. The molecule has 24 heavy (non-hydrogen) atoms. The van der Waals surface area contributed by atoms with E-state index in [1.54, 1.807) is 0 Å². The van der Waals surface area contributed by atoms with E-state index in [2.05, 4.69) is 19.7 Å².